The first-order chi connectivity index (χ1) is 13.0. The van der Waals surface area contributed by atoms with E-state index in [9.17, 15) is 4.79 Å². The zero-order chi connectivity index (χ0) is 19.0. The Hall–Kier alpha value is -3.22. The Morgan fingerprint density at radius 3 is 2.78 bits per heavy atom. The Labute approximate surface area is 157 Å². The van der Waals surface area contributed by atoms with E-state index in [0.29, 0.717) is 17.6 Å². The molecule has 138 valence electrons. The summed E-state index contributed by atoms with van der Waals surface area (Å²) in [6, 6.07) is 10.3. The van der Waals surface area contributed by atoms with Gasteiger partial charge in [-0.15, -0.1) is 5.10 Å². The maximum Gasteiger partial charge on any atom is 0.248 e. The van der Waals surface area contributed by atoms with Crippen LogP contribution in [0.2, 0.25) is 0 Å². The van der Waals surface area contributed by atoms with Crippen LogP contribution in [-0.2, 0) is 11.8 Å². The average molecular weight is 362 g/mol. The summed E-state index contributed by atoms with van der Waals surface area (Å²) in [4.78, 5) is 12.3. The number of carbonyl (C=O) groups excluding carboxylic acids is 1. The monoisotopic (exact) mass is 362 g/mol. The van der Waals surface area contributed by atoms with Crippen LogP contribution in [0.3, 0.4) is 0 Å². The molecule has 2 heterocycles. The van der Waals surface area contributed by atoms with Gasteiger partial charge >= 0.3 is 0 Å². The Bertz CT molecular complexity index is 1030. The van der Waals surface area contributed by atoms with Gasteiger partial charge in [-0.2, -0.15) is 0 Å². The van der Waals surface area contributed by atoms with Gasteiger partial charge < -0.3 is 9.88 Å². The Balaban J connectivity index is 1.48. The zero-order valence-electron chi connectivity index (χ0n) is 15.7. The highest BCUT2D eigenvalue weighted by Crippen LogP contribution is 2.38. The molecular weight excluding hydrogens is 340 g/mol. The second kappa shape index (κ2) is 6.83. The first kappa shape index (κ1) is 17.2. The van der Waals surface area contributed by atoms with E-state index in [4.69, 9.17) is 0 Å². The molecule has 0 saturated heterocycles. The predicted octanol–water partition coefficient (Wildman–Crippen LogP) is 3.28. The lowest BCUT2D eigenvalue weighted by Gasteiger charge is -2.06. The molecule has 1 amide bonds. The number of benzene rings is 1. The maximum atomic E-state index is 12.3. The number of aryl methyl sites for hydroxylation is 2. The van der Waals surface area contributed by atoms with Crippen LogP contribution < -0.4 is 5.32 Å². The maximum absolute atomic E-state index is 12.3. The van der Waals surface area contributed by atoms with Crippen LogP contribution in [0.5, 0.6) is 0 Å². The number of rotatable bonds is 5. The van der Waals surface area contributed by atoms with E-state index in [2.05, 4.69) is 45.3 Å². The first-order valence-corrected chi connectivity index (χ1v) is 9.03. The van der Waals surface area contributed by atoms with E-state index >= 15 is 0 Å². The van der Waals surface area contributed by atoms with Crippen LogP contribution in [-0.4, -0.2) is 30.7 Å². The van der Waals surface area contributed by atoms with Crippen LogP contribution in [0.4, 0.5) is 5.69 Å². The molecule has 0 radical (unpaired) electrons. The zero-order valence-corrected chi connectivity index (χ0v) is 15.7. The van der Waals surface area contributed by atoms with Gasteiger partial charge in [0.05, 0.1) is 0 Å². The number of hydrogen-bond donors (Lipinski definition) is 1. The molecule has 0 spiro atoms. The lowest BCUT2D eigenvalue weighted by Crippen LogP contribution is -2.08. The first-order valence-electron chi connectivity index (χ1n) is 9.03. The van der Waals surface area contributed by atoms with Crippen molar-refractivity contribution < 1.29 is 4.79 Å². The van der Waals surface area contributed by atoms with Crippen molar-refractivity contribution >= 4 is 17.7 Å². The lowest BCUT2D eigenvalue weighted by molar-refractivity contribution is -0.111. The van der Waals surface area contributed by atoms with E-state index in [1.54, 1.807) is 17.8 Å². The van der Waals surface area contributed by atoms with Crippen molar-refractivity contribution in [1.29, 1.82) is 0 Å². The number of hydrogen-bond acceptors (Lipinski definition) is 4. The molecule has 0 unspecified atom stereocenters. The summed E-state index contributed by atoms with van der Waals surface area (Å²) >= 11 is 0. The van der Waals surface area contributed by atoms with Gasteiger partial charge in [-0.25, -0.2) is 4.68 Å². The van der Waals surface area contributed by atoms with Crippen LogP contribution in [0.25, 0.3) is 17.5 Å². The number of aromatic nitrogens is 5. The summed E-state index contributed by atoms with van der Waals surface area (Å²) in [5, 5.41) is 14.4. The molecule has 0 bridgehead atoms. The van der Waals surface area contributed by atoms with E-state index in [1.165, 1.54) is 24.2 Å². The van der Waals surface area contributed by atoms with Gasteiger partial charge in [-0.1, -0.05) is 12.1 Å². The number of carbonyl (C=O) groups is 1. The molecule has 1 fully saturated rings. The molecule has 1 saturated carbocycles. The summed E-state index contributed by atoms with van der Waals surface area (Å²) in [6.45, 7) is 4.23. The van der Waals surface area contributed by atoms with Crippen molar-refractivity contribution in [1.82, 2.24) is 24.8 Å². The highest BCUT2D eigenvalue weighted by Gasteiger charge is 2.26. The second-order valence-corrected chi connectivity index (χ2v) is 6.96. The Kier molecular flexibility index (Phi) is 4.35. The normalized spacial score (nSPS) is 14.0. The quantitative estimate of drug-likeness (QED) is 0.707. The highest BCUT2D eigenvalue weighted by atomic mass is 16.1. The molecule has 7 heteroatoms. The standard InChI is InChI=1S/C20H22N6O/c1-13-11-15(14(2)26(13)18-8-9-18)7-10-19(27)21-17-6-4-5-16(12-17)20-22-23-24-25(20)3/h4-7,10-12,18H,8-9H2,1-3H3,(H,21,27)/b10-7+. The van der Waals surface area contributed by atoms with Crippen molar-refractivity contribution in [3.63, 3.8) is 0 Å². The molecule has 1 aliphatic carbocycles. The van der Waals surface area contributed by atoms with Crippen molar-refractivity contribution in [2.45, 2.75) is 32.7 Å². The third kappa shape index (κ3) is 3.53. The summed E-state index contributed by atoms with van der Waals surface area (Å²) in [6.07, 6.45) is 5.96. The Morgan fingerprint density at radius 2 is 2.07 bits per heavy atom. The molecule has 1 N–H and O–H groups in total. The van der Waals surface area contributed by atoms with Crippen LogP contribution in [0.15, 0.2) is 36.4 Å². The fourth-order valence-electron chi connectivity index (χ4n) is 3.43. The summed E-state index contributed by atoms with van der Waals surface area (Å²) < 4.78 is 3.96. The van der Waals surface area contributed by atoms with Gasteiger partial charge in [0.15, 0.2) is 5.82 Å². The number of anilines is 1. The minimum Gasteiger partial charge on any atom is -0.346 e. The van der Waals surface area contributed by atoms with Gasteiger partial charge in [0, 0.05) is 41.8 Å². The third-order valence-electron chi connectivity index (χ3n) is 4.86. The van der Waals surface area contributed by atoms with E-state index in [1.807, 2.05) is 30.3 Å². The lowest BCUT2D eigenvalue weighted by atomic mass is 10.2. The van der Waals surface area contributed by atoms with Gasteiger partial charge in [0.25, 0.3) is 0 Å². The second-order valence-electron chi connectivity index (χ2n) is 6.96. The minimum absolute atomic E-state index is 0.167. The third-order valence-corrected chi connectivity index (χ3v) is 4.86. The molecule has 2 aromatic heterocycles. The fraction of sp³-hybridized carbons (Fsp3) is 0.300. The van der Waals surface area contributed by atoms with Crippen LogP contribution in [0.1, 0.15) is 35.8 Å². The smallest absolute Gasteiger partial charge is 0.248 e. The Morgan fingerprint density at radius 1 is 1.26 bits per heavy atom. The molecule has 1 aromatic carbocycles. The molecule has 7 nitrogen and oxygen atoms in total. The van der Waals surface area contributed by atoms with Gasteiger partial charge in [-0.3, -0.25) is 4.79 Å². The number of amides is 1. The fourth-order valence-corrected chi connectivity index (χ4v) is 3.43. The highest BCUT2D eigenvalue weighted by molar-refractivity contribution is 6.02. The van der Waals surface area contributed by atoms with Gasteiger partial charge in [-0.05, 0) is 67.0 Å². The minimum atomic E-state index is -0.167. The van der Waals surface area contributed by atoms with Crippen molar-refractivity contribution in [3.05, 3.63) is 53.4 Å². The molecule has 0 atom stereocenters. The molecule has 1 aliphatic rings. The molecule has 27 heavy (non-hydrogen) atoms. The van der Waals surface area contributed by atoms with Crippen molar-refractivity contribution in [2.75, 3.05) is 5.32 Å². The van der Waals surface area contributed by atoms with E-state index in [-0.39, 0.29) is 5.91 Å². The van der Waals surface area contributed by atoms with Crippen LogP contribution >= 0.6 is 0 Å². The predicted molar refractivity (Wildman–Crippen MR) is 104 cm³/mol. The summed E-state index contributed by atoms with van der Waals surface area (Å²) in [5.41, 5.74) is 5.11. The summed E-state index contributed by atoms with van der Waals surface area (Å²) in [5.74, 6) is 0.480. The van der Waals surface area contributed by atoms with Gasteiger partial charge in [0.1, 0.15) is 0 Å². The van der Waals surface area contributed by atoms with E-state index in [0.717, 1.165) is 11.1 Å². The molecule has 4 rings (SSSR count). The SMILES string of the molecule is Cc1cc(/C=C/C(=O)Nc2cccc(-c3nnnn3C)c2)c(C)n1C1CC1. The number of nitrogens with one attached hydrogen (secondary N) is 1. The molecular formula is C20H22N6O. The van der Waals surface area contributed by atoms with Gasteiger partial charge in [0.2, 0.25) is 5.91 Å². The summed E-state index contributed by atoms with van der Waals surface area (Å²) in [7, 11) is 1.78. The van der Waals surface area contributed by atoms with Crippen molar-refractivity contribution in [3.8, 4) is 11.4 Å². The van der Waals surface area contributed by atoms with Crippen molar-refractivity contribution in [2.24, 2.45) is 7.05 Å². The average Bonchev–Trinajstić information content (AvgIpc) is 3.31. The number of nitrogens with zero attached hydrogens (tertiary/aromatic N) is 5. The van der Waals surface area contributed by atoms with E-state index < -0.39 is 0 Å². The topological polar surface area (TPSA) is 77.6 Å². The molecule has 3 aromatic rings. The molecule has 0 aliphatic heterocycles. The largest absolute Gasteiger partial charge is 0.346 e. The van der Waals surface area contributed by atoms with Crippen LogP contribution in [0, 0.1) is 13.8 Å². The number of tetrazole rings is 1.